The van der Waals surface area contributed by atoms with Crippen molar-refractivity contribution in [2.24, 2.45) is 5.92 Å². The van der Waals surface area contributed by atoms with Crippen LogP contribution in [-0.2, 0) is 20.4 Å². The van der Waals surface area contributed by atoms with E-state index in [4.69, 9.17) is 9.16 Å². The monoisotopic (exact) mass is 419 g/mol. The molecule has 0 bridgehead atoms. The number of benzene rings is 1. The van der Waals surface area contributed by atoms with Crippen LogP contribution in [0.4, 0.5) is 4.79 Å². The lowest BCUT2D eigenvalue weighted by atomic mass is 9.93. The first-order valence-electron chi connectivity index (χ1n) is 10.4. The van der Waals surface area contributed by atoms with Gasteiger partial charge in [0.2, 0.25) is 5.91 Å². The van der Waals surface area contributed by atoms with Crippen molar-refractivity contribution in [3.8, 4) is 0 Å². The van der Waals surface area contributed by atoms with E-state index in [-0.39, 0.29) is 22.9 Å². The molecule has 1 aliphatic heterocycles. The van der Waals surface area contributed by atoms with E-state index in [9.17, 15) is 9.59 Å². The van der Waals surface area contributed by atoms with Crippen LogP contribution in [0.1, 0.15) is 53.5 Å². The highest BCUT2D eigenvalue weighted by Crippen LogP contribution is 2.38. The van der Waals surface area contributed by atoms with Crippen LogP contribution in [0.2, 0.25) is 18.1 Å². The second-order valence-electron chi connectivity index (χ2n) is 10.5. The van der Waals surface area contributed by atoms with E-state index in [1.807, 2.05) is 39.0 Å². The molecule has 0 unspecified atom stereocenters. The molecule has 162 valence electrons. The molecule has 29 heavy (non-hydrogen) atoms. The van der Waals surface area contributed by atoms with E-state index in [0.717, 1.165) is 12.0 Å². The van der Waals surface area contributed by atoms with E-state index >= 15 is 0 Å². The highest BCUT2D eigenvalue weighted by atomic mass is 28.4. The number of hydrogen-bond acceptors (Lipinski definition) is 4. The van der Waals surface area contributed by atoms with Crippen molar-refractivity contribution in [3.63, 3.8) is 0 Å². The van der Waals surface area contributed by atoms with Gasteiger partial charge in [-0.15, -0.1) is 0 Å². The van der Waals surface area contributed by atoms with Gasteiger partial charge in [-0.3, -0.25) is 4.79 Å². The van der Waals surface area contributed by atoms with Crippen LogP contribution in [0.15, 0.2) is 30.3 Å². The van der Waals surface area contributed by atoms with E-state index in [2.05, 4.69) is 46.0 Å². The fraction of sp³-hybridized carbons (Fsp3) is 0.652. The second-order valence-corrected chi connectivity index (χ2v) is 15.3. The van der Waals surface area contributed by atoms with Crippen LogP contribution < -0.4 is 0 Å². The summed E-state index contributed by atoms with van der Waals surface area (Å²) in [6.45, 7) is 16.7. The molecule has 0 aliphatic carbocycles. The minimum atomic E-state index is -2.02. The summed E-state index contributed by atoms with van der Waals surface area (Å²) in [7, 11) is -2.02. The quantitative estimate of drug-likeness (QED) is 0.599. The number of imide groups is 1. The molecule has 0 spiro atoms. The van der Waals surface area contributed by atoms with Crippen molar-refractivity contribution in [2.75, 3.05) is 6.61 Å². The number of likely N-dealkylation sites (tertiary alicyclic amines) is 1. The Labute approximate surface area is 176 Å². The van der Waals surface area contributed by atoms with E-state index in [0.29, 0.717) is 13.0 Å². The third-order valence-electron chi connectivity index (χ3n) is 5.93. The van der Waals surface area contributed by atoms with Gasteiger partial charge in [-0.05, 0) is 56.8 Å². The van der Waals surface area contributed by atoms with Crippen molar-refractivity contribution in [1.29, 1.82) is 0 Å². The van der Waals surface area contributed by atoms with Crippen LogP contribution in [0.5, 0.6) is 0 Å². The Morgan fingerprint density at radius 2 is 1.69 bits per heavy atom. The maximum absolute atomic E-state index is 12.8. The molecule has 0 radical (unpaired) electrons. The zero-order valence-corrected chi connectivity index (χ0v) is 20.2. The minimum Gasteiger partial charge on any atom is -0.443 e. The normalized spacial score (nSPS) is 20.8. The van der Waals surface area contributed by atoms with Gasteiger partial charge in [0.25, 0.3) is 0 Å². The van der Waals surface area contributed by atoms with Gasteiger partial charge in [-0.25, -0.2) is 9.69 Å². The summed E-state index contributed by atoms with van der Waals surface area (Å²) in [5.41, 5.74) is 0.508. The smallest absolute Gasteiger partial charge is 0.417 e. The number of amides is 2. The van der Waals surface area contributed by atoms with Crippen molar-refractivity contribution < 1.29 is 18.8 Å². The van der Waals surface area contributed by atoms with Gasteiger partial charge in [-0.1, -0.05) is 51.1 Å². The SMILES string of the molecule is CC(C)(C)OC(=O)N1C(=O)C[C@H](Cc2ccccc2)[C@H]1CO[Si](C)(C)C(C)(C)C. The zero-order chi connectivity index (χ0) is 22.0. The first kappa shape index (κ1) is 23.6. The Balaban J connectivity index is 2.26. The Morgan fingerprint density at radius 3 is 2.21 bits per heavy atom. The molecule has 2 amide bonds. The highest BCUT2D eigenvalue weighted by molar-refractivity contribution is 6.74. The lowest BCUT2D eigenvalue weighted by Crippen LogP contribution is -2.49. The Morgan fingerprint density at radius 1 is 1.10 bits per heavy atom. The number of carbonyl (C=O) groups is 2. The molecule has 1 heterocycles. The summed E-state index contributed by atoms with van der Waals surface area (Å²) in [6.07, 6.45) is 0.499. The van der Waals surface area contributed by atoms with E-state index in [1.54, 1.807) is 0 Å². The summed E-state index contributed by atoms with van der Waals surface area (Å²) in [5.74, 6) is -0.161. The molecular formula is C23H37NO4Si. The van der Waals surface area contributed by atoms with Crippen LogP contribution in [0, 0.1) is 5.92 Å². The summed E-state index contributed by atoms with van der Waals surface area (Å²) < 4.78 is 12.0. The van der Waals surface area contributed by atoms with Crippen molar-refractivity contribution in [2.45, 2.75) is 84.2 Å². The predicted molar refractivity (Wildman–Crippen MR) is 118 cm³/mol. The lowest BCUT2D eigenvalue weighted by Gasteiger charge is -2.38. The number of ether oxygens (including phenoxy) is 1. The van der Waals surface area contributed by atoms with Gasteiger partial charge < -0.3 is 9.16 Å². The molecule has 1 fully saturated rings. The summed E-state index contributed by atoms with van der Waals surface area (Å²) >= 11 is 0. The van der Waals surface area contributed by atoms with Gasteiger partial charge in [0.1, 0.15) is 5.60 Å². The molecular weight excluding hydrogens is 382 g/mol. The maximum Gasteiger partial charge on any atom is 0.417 e. The molecule has 1 saturated heterocycles. The third kappa shape index (κ3) is 6.16. The predicted octanol–water partition coefficient (Wildman–Crippen LogP) is 5.40. The Hall–Kier alpha value is -1.66. The number of rotatable bonds is 5. The molecule has 6 heteroatoms. The molecule has 1 aliphatic rings. The molecule has 1 aromatic carbocycles. The third-order valence-corrected chi connectivity index (χ3v) is 10.4. The van der Waals surface area contributed by atoms with Gasteiger partial charge in [0.15, 0.2) is 8.32 Å². The Kier molecular flexibility index (Phi) is 7.00. The lowest BCUT2D eigenvalue weighted by molar-refractivity contribution is -0.128. The topological polar surface area (TPSA) is 55.8 Å². The highest BCUT2D eigenvalue weighted by Gasteiger charge is 2.47. The van der Waals surface area contributed by atoms with Gasteiger partial charge in [0, 0.05) is 6.42 Å². The first-order valence-corrected chi connectivity index (χ1v) is 13.3. The number of hydrogen-bond donors (Lipinski definition) is 0. The van der Waals surface area contributed by atoms with E-state index in [1.165, 1.54) is 4.90 Å². The number of nitrogens with zero attached hydrogens (tertiary/aromatic N) is 1. The molecule has 1 aromatic rings. The number of carbonyl (C=O) groups excluding carboxylic acids is 2. The minimum absolute atomic E-state index is 0.0159. The van der Waals surface area contributed by atoms with Crippen molar-refractivity contribution in [1.82, 2.24) is 4.90 Å². The van der Waals surface area contributed by atoms with Gasteiger partial charge in [0.05, 0.1) is 12.6 Å². The van der Waals surface area contributed by atoms with Crippen LogP contribution in [0.25, 0.3) is 0 Å². The van der Waals surface area contributed by atoms with Gasteiger partial charge >= 0.3 is 6.09 Å². The first-order chi connectivity index (χ1) is 13.2. The molecule has 0 saturated carbocycles. The van der Waals surface area contributed by atoms with Crippen LogP contribution in [0.3, 0.4) is 0 Å². The largest absolute Gasteiger partial charge is 0.443 e. The molecule has 2 rings (SSSR count). The standard InChI is InChI=1S/C23H37NO4Si/c1-22(2,3)28-21(26)24-19(16-27-29(7,8)23(4,5)6)18(15-20(24)25)14-17-12-10-9-11-13-17/h9-13,18-19H,14-16H2,1-8H3/t18-,19+/m0/s1. The Bertz CT molecular complexity index is 719. The summed E-state index contributed by atoms with van der Waals surface area (Å²) in [6, 6.07) is 9.79. The molecule has 0 N–H and O–H groups in total. The van der Waals surface area contributed by atoms with Crippen LogP contribution in [-0.4, -0.2) is 43.5 Å². The molecule has 5 nitrogen and oxygen atoms in total. The second kappa shape index (κ2) is 8.60. The van der Waals surface area contributed by atoms with E-state index < -0.39 is 20.0 Å². The fourth-order valence-electron chi connectivity index (χ4n) is 3.25. The fourth-order valence-corrected chi connectivity index (χ4v) is 4.27. The average molecular weight is 420 g/mol. The van der Waals surface area contributed by atoms with Crippen molar-refractivity contribution in [3.05, 3.63) is 35.9 Å². The summed E-state index contributed by atoms with van der Waals surface area (Å²) in [5, 5.41) is 0.0568. The molecule has 2 atom stereocenters. The maximum atomic E-state index is 12.8. The average Bonchev–Trinajstić information content (AvgIpc) is 2.86. The zero-order valence-electron chi connectivity index (χ0n) is 19.2. The van der Waals surface area contributed by atoms with Crippen LogP contribution >= 0.6 is 0 Å². The molecule has 0 aromatic heterocycles. The van der Waals surface area contributed by atoms with Gasteiger partial charge in [-0.2, -0.15) is 0 Å². The van der Waals surface area contributed by atoms with Crippen molar-refractivity contribution >= 4 is 20.3 Å². The summed E-state index contributed by atoms with van der Waals surface area (Å²) in [4.78, 5) is 27.0.